The highest BCUT2D eigenvalue weighted by atomic mass is 35.5. The van der Waals surface area contributed by atoms with Crippen LogP contribution in [0.5, 0.6) is 0 Å². The first-order valence-corrected chi connectivity index (χ1v) is 8.14. The van der Waals surface area contributed by atoms with Crippen LogP contribution in [0, 0.1) is 11.6 Å². The first-order chi connectivity index (χ1) is 12.4. The summed E-state index contributed by atoms with van der Waals surface area (Å²) in [5.41, 5.74) is 0.928. The Balaban J connectivity index is 1.89. The zero-order valence-corrected chi connectivity index (χ0v) is 14.4. The number of hydrogen-bond acceptors (Lipinski definition) is 4. The van der Waals surface area contributed by atoms with Crippen LogP contribution in [-0.2, 0) is 17.8 Å². The Morgan fingerprint density at radius 3 is 2.62 bits per heavy atom. The second-order valence-corrected chi connectivity index (χ2v) is 6.00. The maximum absolute atomic E-state index is 13.3. The minimum absolute atomic E-state index is 0.248. The number of carbonyl (C=O) groups excluding carboxylic acids is 1. The number of benzene rings is 2. The summed E-state index contributed by atoms with van der Waals surface area (Å²) in [5.74, 6) is -3.30. The molecule has 0 N–H and O–H groups in total. The van der Waals surface area contributed by atoms with Gasteiger partial charge in [-0.15, -0.1) is 0 Å². The standard InChI is InChI=1S/C19H13ClF2O4/c1-2-10-3-4-12-11(6-18(23)26-17(12)5-10)9-25-19(24)13-7-15(21)16(22)8-14(13)20/h3-8H,2,9H2,1H3. The van der Waals surface area contributed by atoms with Crippen LogP contribution in [0.25, 0.3) is 11.0 Å². The molecular formula is C19H13ClF2O4. The van der Waals surface area contributed by atoms with Crippen molar-refractivity contribution in [3.05, 3.63) is 80.2 Å². The molecule has 4 nitrogen and oxygen atoms in total. The lowest BCUT2D eigenvalue weighted by Gasteiger charge is -2.09. The molecule has 2 aromatic carbocycles. The molecule has 134 valence electrons. The Morgan fingerprint density at radius 1 is 1.15 bits per heavy atom. The molecule has 0 saturated carbocycles. The largest absolute Gasteiger partial charge is 0.457 e. The van der Waals surface area contributed by atoms with Gasteiger partial charge < -0.3 is 9.15 Å². The lowest BCUT2D eigenvalue weighted by molar-refractivity contribution is 0.0473. The molecule has 0 aliphatic carbocycles. The van der Waals surface area contributed by atoms with Gasteiger partial charge in [-0.25, -0.2) is 18.4 Å². The Morgan fingerprint density at radius 2 is 1.88 bits per heavy atom. The van der Waals surface area contributed by atoms with Crippen LogP contribution in [0.4, 0.5) is 8.78 Å². The Hall–Kier alpha value is -2.73. The summed E-state index contributed by atoms with van der Waals surface area (Å²) in [7, 11) is 0. The molecule has 0 amide bonds. The van der Waals surface area contributed by atoms with E-state index < -0.39 is 23.2 Å². The molecule has 0 radical (unpaired) electrons. The number of carbonyl (C=O) groups is 1. The van der Waals surface area contributed by atoms with Crippen molar-refractivity contribution < 1.29 is 22.7 Å². The number of ether oxygens (including phenoxy) is 1. The zero-order valence-electron chi connectivity index (χ0n) is 13.6. The van der Waals surface area contributed by atoms with E-state index in [1.807, 2.05) is 13.0 Å². The number of esters is 1. The van der Waals surface area contributed by atoms with Gasteiger partial charge in [0.2, 0.25) is 0 Å². The van der Waals surface area contributed by atoms with E-state index in [4.69, 9.17) is 20.8 Å². The summed E-state index contributed by atoms with van der Waals surface area (Å²) < 4.78 is 36.7. The van der Waals surface area contributed by atoms with Crippen molar-refractivity contribution in [2.24, 2.45) is 0 Å². The van der Waals surface area contributed by atoms with Crippen molar-refractivity contribution in [3.8, 4) is 0 Å². The normalized spacial score (nSPS) is 10.9. The highest BCUT2D eigenvalue weighted by Gasteiger charge is 2.17. The van der Waals surface area contributed by atoms with Crippen molar-refractivity contribution in [2.45, 2.75) is 20.0 Å². The average molecular weight is 379 g/mol. The fraction of sp³-hybridized carbons (Fsp3) is 0.158. The Kier molecular flexibility index (Phi) is 5.04. The maximum Gasteiger partial charge on any atom is 0.340 e. The molecule has 0 fully saturated rings. The number of aryl methyl sites for hydroxylation is 1. The molecular weight excluding hydrogens is 366 g/mol. The molecule has 0 spiro atoms. The summed E-state index contributed by atoms with van der Waals surface area (Å²) in [6.07, 6.45) is 0.771. The lowest BCUT2D eigenvalue weighted by Crippen LogP contribution is -2.09. The monoisotopic (exact) mass is 378 g/mol. The van der Waals surface area contributed by atoms with Crippen molar-refractivity contribution in [3.63, 3.8) is 0 Å². The molecule has 0 aliphatic rings. The third kappa shape index (κ3) is 3.60. The maximum atomic E-state index is 13.3. The number of fused-ring (bicyclic) bond motifs is 1. The van der Waals surface area contributed by atoms with E-state index in [1.54, 1.807) is 12.1 Å². The van der Waals surface area contributed by atoms with Crippen LogP contribution in [0.3, 0.4) is 0 Å². The van der Waals surface area contributed by atoms with E-state index in [0.29, 0.717) is 28.7 Å². The molecule has 0 aliphatic heterocycles. The fourth-order valence-electron chi connectivity index (χ4n) is 2.51. The SMILES string of the molecule is CCc1ccc2c(COC(=O)c3cc(F)c(F)cc3Cl)cc(=O)oc2c1. The molecule has 7 heteroatoms. The molecule has 1 aromatic heterocycles. The fourth-order valence-corrected chi connectivity index (χ4v) is 2.74. The number of halogens is 3. The van der Waals surface area contributed by atoms with E-state index in [0.717, 1.165) is 12.0 Å². The predicted molar refractivity (Wildman–Crippen MR) is 92.3 cm³/mol. The number of rotatable bonds is 4. The van der Waals surface area contributed by atoms with Crippen LogP contribution in [0.15, 0.2) is 45.6 Å². The van der Waals surface area contributed by atoms with Gasteiger partial charge in [-0.05, 0) is 30.2 Å². The van der Waals surface area contributed by atoms with Gasteiger partial charge in [0.05, 0.1) is 10.6 Å². The molecule has 0 bridgehead atoms. The highest BCUT2D eigenvalue weighted by molar-refractivity contribution is 6.33. The van der Waals surface area contributed by atoms with Crippen molar-refractivity contribution in [2.75, 3.05) is 0 Å². The van der Waals surface area contributed by atoms with Crippen LogP contribution in [0.1, 0.15) is 28.4 Å². The second kappa shape index (κ2) is 7.25. The summed E-state index contributed by atoms with van der Waals surface area (Å²) in [5, 5.41) is 0.352. The Labute approximate surface area is 152 Å². The molecule has 3 aromatic rings. The highest BCUT2D eigenvalue weighted by Crippen LogP contribution is 2.23. The molecule has 3 rings (SSSR count). The topological polar surface area (TPSA) is 56.5 Å². The van der Waals surface area contributed by atoms with E-state index in [2.05, 4.69) is 0 Å². The summed E-state index contributed by atoms with van der Waals surface area (Å²) >= 11 is 5.76. The number of hydrogen-bond donors (Lipinski definition) is 0. The summed E-state index contributed by atoms with van der Waals surface area (Å²) in [6.45, 7) is 1.72. The van der Waals surface area contributed by atoms with Crippen LogP contribution in [-0.4, -0.2) is 5.97 Å². The van der Waals surface area contributed by atoms with E-state index in [9.17, 15) is 18.4 Å². The van der Waals surface area contributed by atoms with E-state index in [-0.39, 0.29) is 17.2 Å². The predicted octanol–water partition coefficient (Wildman–Crippen LogP) is 4.64. The molecule has 1 heterocycles. The third-order valence-electron chi connectivity index (χ3n) is 3.89. The third-order valence-corrected chi connectivity index (χ3v) is 4.20. The second-order valence-electron chi connectivity index (χ2n) is 5.60. The van der Waals surface area contributed by atoms with Gasteiger partial charge in [0.25, 0.3) is 0 Å². The van der Waals surface area contributed by atoms with Crippen molar-refractivity contribution >= 4 is 28.5 Å². The molecule has 26 heavy (non-hydrogen) atoms. The Bertz CT molecular complexity index is 1060. The van der Waals surface area contributed by atoms with Crippen LogP contribution >= 0.6 is 11.6 Å². The van der Waals surface area contributed by atoms with Gasteiger partial charge in [-0.1, -0.05) is 30.7 Å². The molecule has 0 saturated heterocycles. The minimum Gasteiger partial charge on any atom is -0.457 e. The van der Waals surface area contributed by atoms with Gasteiger partial charge in [-0.2, -0.15) is 0 Å². The van der Waals surface area contributed by atoms with Gasteiger partial charge in [0.1, 0.15) is 12.2 Å². The molecule has 0 atom stereocenters. The zero-order chi connectivity index (χ0) is 18.8. The van der Waals surface area contributed by atoms with Gasteiger partial charge in [0, 0.05) is 17.0 Å². The van der Waals surface area contributed by atoms with Gasteiger partial charge in [0.15, 0.2) is 11.6 Å². The van der Waals surface area contributed by atoms with E-state index >= 15 is 0 Å². The van der Waals surface area contributed by atoms with Crippen molar-refractivity contribution in [1.82, 2.24) is 0 Å². The minimum atomic E-state index is -1.21. The summed E-state index contributed by atoms with van der Waals surface area (Å²) in [6, 6.07) is 7.98. The average Bonchev–Trinajstić information content (AvgIpc) is 2.61. The first kappa shape index (κ1) is 18.1. The van der Waals surface area contributed by atoms with Crippen LogP contribution in [0.2, 0.25) is 5.02 Å². The molecule has 0 unspecified atom stereocenters. The first-order valence-electron chi connectivity index (χ1n) is 7.76. The lowest BCUT2D eigenvalue weighted by atomic mass is 10.1. The quantitative estimate of drug-likeness (QED) is 0.377. The van der Waals surface area contributed by atoms with Crippen molar-refractivity contribution in [1.29, 1.82) is 0 Å². The smallest absolute Gasteiger partial charge is 0.340 e. The van der Waals surface area contributed by atoms with E-state index in [1.165, 1.54) is 6.07 Å². The summed E-state index contributed by atoms with van der Waals surface area (Å²) in [4.78, 5) is 23.9. The van der Waals surface area contributed by atoms with Crippen LogP contribution < -0.4 is 5.63 Å². The van der Waals surface area contributed by atoms with Gasteiger partial charge >= 0.3 is 11.6 Å². The van der Waals surface area contributed by atoms with Gasteiger partial charge in [-0.3, -0.25) is 0 Å².